The molecule has 5 heteroatoms. The van der Waals surface area contributed by atoms with E-state index in [4.69, 9.17) is 10.2 Å². The Labute approximate surface area is 367 Å². The molecule has 0 heterocycles. The van der Waals surface area contributed by atoms with Crippen molar-refractivity contribution in [2.75, 3.05) is 21.5 Å². The first-order valence-electron chi connectivity index (χ1n) is 23.1. The van der Waals surface area contributed by atoms with Crippen molar-refractivity contribution < 1.29 is 0 Å². The molecule has 0 aliphatic heterocycles. The molecule has 0 unspecified atom stereocenters. The van der Waals surface area contributed by atoms with E-state index in [-0.39, 0.29) is 0 Å². The normalized spacial score (nSPS) is 11.4. The molecule has 6 aromatic rings. The molecule has 0 aliphatic rings. The summed E-state index contributed by atoms with van der Waals surface area (Å²) in [4.78, 5) is 2.46. The molecule has 0 radical (unpaired) electrons. The fourth-order valence-electron chi connectivity index (χ4n) is 7.80. The smallest absolute Gasteiger partial charge is 0.0652 e. The van der Waals surface area contributed by atoms with Crippen LogP contribution in [0.1, 0.15) is 121 Å². The van der Waals surface area contributed by atoms with Gasteiger partial charge in [0.25, 0.3) is 0 Å². The van der Waals surface area contributed by atoms with E-state index in [1.54, 1.807) is 0 Å². The molecule has 61 heavy (non-hydrogen) atoms. The zero-order valence-electron chi connectivity index (χ0n) is 36.6. The number of hydrazone groups is 2. The second-order valence-corrected chi connectivity index (χ2v) is 16.1. The highest BCUT2D eigenvalue weighted by molar-refractivity contribution is 5.84. The van der Waals surface area contributed by atoms with Gasteiger partial charge in [-0.05, 0) is 90.3 Å². The van der Waals surface area contributed by atoms with Gasteiger partial charge in [-0.2, -0.15) is 10.2 Å². The average Bonchev–Trinajstić information content (AvgIpc) is 3.32. The minimum atomic E-state index is 0.963. The summed E-state index contributed by atoms with van der Waals surface area (Å²) in [5.74, 6) is 0. The first-order chi connectivity index (χ1) is 30.3. The summed E-state index contributed by atoms with van der Waals surface area (Å²) in [6.07, 6.45) is 25.8. The number of nitrogens with zero attached hydrogens (tertiary/aromatic N) is 5. The third-order valence-electron chi connectivity index (χ3n) is 11.3. The van der Waals surface area contributed by atoms with Crippen LogP contribution < -0.4 is 14.9 Å². The molecule has 6 rings (SSSR count). The van der Waals surface area contributed by atoms with E-state index in [0.29, 0.717) is 0 Å². The zero-order chi connectivity index (χ0) is 42.0. The summed E-state index contributed by atoms with van der Waals surface area (Å²) >= 11 is 0. The predicted octanol–water partition coefficient (Wildman–Crippen LogP) is 16.4. The minimum Gasteiger partial charge on any atom is -0.341 e. The zero-order valence-corrected chi connectivity index (χ0v) is 36.6. The largest absolute Gasteiger partial charge is 0.341 e. The van der Waals surface area contributed by atoms with Crippen molar-refractivity contribution in [1.29, 1.82) is 0 Å². The summed E-state index contributed by atoms with van der Waals surface area (Å²) in [7, 11) is 0. The van der Waals surface area contributed by atoms with Gasteiger partial charge in [0.1, 0.15) is 0 Å². The highest BCUT2D eigenvalue weighted by Gasteiger charge is 2.12. The molecule has 0 amide bonds. The van der Waals surface area contributed by atoms with Crippen molar-refractivity contribution in [2.45, 2.75) is 110 Å². The highest BCUT2D eigenvalue weighted by Crippen LogP contribution is 2.29. The van der Waals surface area contributed by atoms with E-state index in [9.17, 15) is 0 Å². The molecule has 6 aromatic carbocycles. The molecule has 0 N–H and O–H groups in total. The topological polar surface area (TPSA) is 34.4 Å². The lowest BCUT2D eigenvalue weighted by Crippen LogP contribution is -2.18. The van der Waals surface area contributed by atoms with Crippen molar-refractivity contribution in [3.8, 4) is 0 Å². The van der Waals surface area contributed by atoms with E-state index in [1.165, 1.54) is 108 Å². The van der Waals surface area contributed by atoms with Gasteiger partial charge < -0.3 is 4.90 Å². The second-order valence-electron chi connectivity index (χ2n) is 16.1. The van der Waals surface area contributed by atoms with Crippen LogP contribution in [0.3, 0.4) is 0 Å². The molecule has 316 valence electrons. The Morgan fingerprint density at radius 3 is 0.885 bits per heavy atom. The van der Waals surface area contributed by atoms with Crippen LogP contribution in [-0.4, -0.2) is 19.0 Å². The third kappa shape index (κ3) is 15.2. The summed E-state index contributed by atoms with van der Waals surface area (Å²) in [5, 5.41) is 13.9. The van der Waals surface area contributed by atoms with Gasteiger partial charge in [0, 0.05) is 17.9 Å². The summed E-state index contributed by atoms with van der Waals surface area (Å²) < 4.78 is 0. The first-order valence-corrected chi connectivity index (χ1v) is 23.1. The lowest BCUT2D eigenvalue weighted by atomic mass is 10.0. The number of anilines is 6. The Bertz CT molecular complexity index is 1870. The summed E-state index contributed by atoms with van der Waals surface area (Å²) in [6.45, 7) is 3.26. The Kier molecular flexibility index (Phi) is 19.2. The SMILES string of the molecule is CCCCCCCCCCCCCCCCCCN(c1ccc(C=NN(c2ccccc2)c2ccccc2)cc1)c1ccc(C=NN(c2ccccc2)c2ccccc2)cc1. The van der Waals surface area contributed by atoms with E-state index in [2.05, 4.69) is 109 Å². The fourth-order valence-corrected chi connectivity index (χ4v) is 7.80. The third-order valence-corrected chi connectivity index (χ3v) is 11.3. The lowest BCUT2D eigenvalue weighted by molar-refractivity contribution is 0.530. The Morgan fingerprint density at radius 1 is 0.311 bits per heavy atom. The van der Waals surface area contributed by atoms with Gasteiger partial charge in [-0.25, -0.2) is 10.0 Å². The van der Waals surface area contributed by atoms with Crippen LogP contribution in [0.15, 0.2) is 180 Å². The van der Waals surface area contributed by atoms with Crippen molar-refractivity contribution in [3.63, 3.8) is 0 Å². The average molecular weight is 810 g/mol. The molecule has 0 bridgehead atoms. The van der Waals surface area contributed by atoms with Crippen LogP contribution in [-0.2, 0) is 0 Å². The van der Waals surface area contributed by atoms with Gasteiger partial charge in [-0.1, -0.05) is 200 Å². The standard InChI is InChI=1S/C56H67N5/c1-2-3-4-5-6-7-8-9-10-11-12-13-14-15-16-29-46-59(51-42-38-49(39-43-51)47-57-60(53-30-21-17-22-31-53)54-32-23-18-24-33-54)52-44-40-50(41-45-52)48-58-61(55-34-25-19-26-35-55)56-36-27-20-28-37-56/h17-28,30-45,47-48H,2-16,29,46H2,1H3. The van der Waals surface area contributed by atoms with Gasteiger partial charge in [-0.3, -0.25) is 0 Å². The van der Waals surface area contributed by atoms with E-state index >= 15 is 0 Å². The maximum absolute atomic E-state index is 4.95. The summed E-state index contributed by atoms with van der Waals surface area (Å²) in [5.41, 5.74) is 8.55. The van der Waals surface area contributed by atoms with Crippen LogP contribution in [0.25, 0.3) is 0 Å². The van der Waals surface area contributed by atoms with Gasteiger partial charge in [0.15, 0.2) is 0 Å². The Hall–Kier alpha value is -5.94. The number of hydrogen-bond donors (Lipinski definition) is 0. The molecule has 0 saturated carbocycles. The number of rotatable bonds is 27. The monoisotopic (exact) mass is 810 g/mol. The molecule has 0 aliphatic carbocycles. The Balaban J connectivity index is 1.08. The van der Waals surface area contributed by atoms with E-state index in [0.717, 1.165) is 46.8 Å². The molecule has 0 saturated heterocycles. The number of hydrogen-bond acceptors (Lipinski definition) is 5. The van der Waals surface area contributed by atoms with Crippen molar-refractivity contribution in [3.05, 3.63) is 181 Å². The summed E-state index contributed by atoms with van der Waals surface area (Å²) in [6, 6.07) is 58.9. The van der Waals surface area contributed by atoms with E-state index in [1.807, 2.05) is 95.2 Å². The van der Waals surface area contributed by atoms with Gasteiger partial charge in [0.05, 0.1) is 35.2 Å². The van der Waals surface area contributed by atoms with Crippen LogP contribution in [0.4, 0.5) is 34.1 Å². The molecule has 0 aromatic heterocycles. The van der Waals surface area contributed by atoms with Gasteiger partial charge >= 0.3 is 0 Å². The highest BCUT2D eigenvalue weighted by atomic mass is 15.5. The van der Waals surface area contributed by atoms with E-state index < -0.39 is 0 Å². The van der Waals surface area contributed by atoms with Crippen molar-refractivity contribution >= 4 is 46.6 Å². The van der Waals surface area contributed by atoms with Crippen LogP contribution >= 0.6 is 0 Å². The molecule has 0 atom stereocenters. The van der Waals surface area contributed by atoms with Crippen molar-refractivity contribution in [1.82, 2.24) is 0 Å². The molecule has 5 nitrogen and oxygen atoms in total. The van der Waals surface area contributed by atoms with Gasteiger partial charge in [-0.15, -0.1) is 0 Å². The van der Waals surface area contributed by atoms with Crippen LogP contribution in [0.2, 0.25) is 0 Å². The number of para-hydroxylation sites is 4. The Morgan fingerprint density at radius 2 is 0.590 bits per heavy atom. The molecular formula is C56H67N5. The minimum absolute atomic E-state index is 0.963. The maximum Gasteiger partial charge on any atom is 0.0652 e. The quantitative estimate of drug-likeness (QED) is 0.0295. The maximum atomic E-state index is 4.95. The molecule has 0 spiro atoms. The second kappa shape index (κ2) is 26.3. The number of unbranched alkanes of at least 4 members (excludes halogenated alkanes) is 15. The first kappa shape index (κ1) is 44.6. The fraction of sp³-hybridized carbons (Fsp3) is 0.321. The predicted molar refractivity (Wildman–Crippen MR) is 265 cm³/mol. The number of benzene rings is 6. The van der Waals surface area contributed by atoms with Crippen molar-refractivity contribution in [2.24, 2.45) is 10.2 Å². The van der Waals surface area contributed by atoms with Crippen LogP contribution in [0, 0.1) is 0 Å². The molecule has 0 fully saturated rings. The lowest BCUT2D eigenvalue weighted by Gasteiger charge is -2.25. The molecular weight excluding hydrogens is 743 g/mol. The van der Waals surface area contributed by atoms with Gasteiger partial charge in [0.2, 0.25) is 0 Å². The van der Waals surface area contributed by atoms with Crippen LogP contribution in [0.5, 0.6) is 0 Å².